The molecule has 1 N–H and O–H groups in total. The molecule has 0 amide bonds. The van der Waals surface area contributed by atoms with E-state index in [2.05, 4.69) is 24.4 Å². The summed E-state index contributed by atoms with van der Waals surface area (Å²) in [5.41, 5.74) is 3.12. The Balaban J connectivity index is 2.24. The Kier molecular flexibility index (Phi) is 4.35. The van der Waals surface area contributed by atoms with Crippen LogP contribution in [0.4, 0.5) is 0 Å². The van der Waals surface area contributed by atoms with Gasteiger partial charge < -0.3 is 14.8 Å². The number of aryl methyl sites for hydroxylation is 1. The Labute approximate surface area is 116 Å². The van der Waals surface area contributed by atoms with Crippen LogP contribution in [-0.4, -0.2) is 27.8 Å². The maximum absolute atomic E-state index is 5.42. The molecule has 1 aliphatic carbocycles. The molecule has 0 bridgehead atoms. The van der Waals surface area contributed by atoms with E-state index in [1.165, 1.54) is 30.4 Å². The van der Waals surface area contributed by atoms with Gasteiger partial charge in [0.25, 0.3) is 0 Å². The molecule has 0 radical (unpaired) electrons. The second-order valence-electron chi connectivity index (χ2n) is 5.69. The molecule has 19 heavy (non-hydrogen) atoms. The minimum absolute atomic E-state index is 0.444. The summed E-state index contributed by atoms with van der Waals surface area (Å²) >= 11 is 0. The number of rotatable bonds is 6. The van der Waals surface area contributed by atoms with Gasteiger partial charge >= 0.3 is 0 Å². The summed E-state index contributed by atoms with van der Waals surface area (Å²) in [6.45, 7) is 3.25. The molecule has 2 rings (SSSR count). The van der Waals surface area contributed by atoms with Gasteiger partial charge in [-0.25, -0.2) is 0 Å². The summed E-state index contributed by atoms with van der Waals surface area (Å²) in [7, 11) is 5.43. The molecule has 0 atom stereocenters. The van der Waals surface area contributed by atoms with Gasteiger partial charge in [0.15, 0.2) is 11.5 Å². The van der Waals surface area contributed by atoms with Crippen molar-refractivity contribution < 1.29 is 9.47 Å². The monoisotopic (exact) mass is 263 g/mol. The normalized spacial score (nSPS) is 16.8. The first-order chi connectivity index (χ1) is 9.14. The maximum atomic E-state index is 5.42. The molecule has 0 spiro atoms. The summed E-state index contributed by atoms with van der Waals surface area (Å²) in [5.74, 6) is 1.65. The van der Waals surface area contributed by atoms with Gasteiger partial charge in [-0.1, -0.05) is 6.42 Å². The zero-order chi connectivity index (χ0) is 13.9. The number of hydrogen-bond donors (Lipinski definition) is 1. The first kappa shape index (κ1) is 14.2. The van der Waals surface area contributed by atoms with Crippen LogP contribution in [-0.2, 0) is 6.42 Å². The highest BCUT2D eigenvalue weighted by atomic mass is 16.5. The number of nitrogens with one attached hydrogen (secondary N) is 1. The lowest BCUT2D eigenvalue weighted by Gasteiger charge is -2.42. The number of ether oxygens (including phenoxy) is 2. The predicted octanol–water partition coefficient (Wildman–Crippen LogP) is 2.94. The van der Waals surface area contributed by atoms with Crippen LogP contribution >= 0.6 is 0 Å². The fourth-order valence-corrected chi connectivity index (χ4v) is 3.09. The number of methoxy groups -OCH3 is 2. The predicted molar refractivity (Wildman–Crippen MR) is 78.2 cm³/mol. The van der Waals surface area contributed by atoms with E-state index in [0.717, 1.165) is 24.5 Å². The van der Waals surface area contributed by atoms with Gasteiger partial charge in [0.2, 0.25) is 0 Å². The van der Waals surface area contributed by atoms with E-state index in [-0.39, 0.29) is 0 Å². The second kappa shape index (κ2) is 5.83. The molecule has 0 unspecified atom stereocenters. The molecule has 1 aromatic carbocycles. The first-order valence-corrected chi connectivity index (χ1v) is 7.00. The zero-order valence-electron chi connectivity index (χ0n) is 12.5. The fraction of sp³-hybridized carbons (Fsp3) is 0.625. The van der Waals surface area contributed by atoms with Gasteiger partial charge in [-0.2, -0.15) is 0 Å². The second-order valence-corrected chi connectivity index (χ2v) is 5.69. The minimum Gasteiger partial charge on any atom is -0.493 e. The molecule has 1 saturated carbocycles. The van der Waals surface area contributed by atoms with Crippen LogP contribution in [0.1, 0.15) is 30.4 Å². The van der Waals surface area contributed by atoms with Gasteiger partial charge in [0.1, 0.15) is 0 Å². The third kappa shape index (κ3) is 2.86. The van der Waals surface area contributed by atoms with Crippen LogP contribution in [0.25, 0.3) is 0 Å². The Morgan fingerprint density at radius 3 is 2.26 bits per heavy atom. The van der Waals surface area contributed by atoms with Gasteiger partial charge in [-0.3, -0.25) is 0 Å². The highest BCUT2D eigenvalue weighted by molar-refractivity contribution is 5.47. The molecule has 0 saturated heterocycles. The average molecular weight is 263 g/mol. The molecule has 0 heterocycles. The highest BCUT2D eigenvalue weighted by Crippen LogP contribution is 2.44. The highest BCUT2D eigenvalue weighted by Gasteiger charge is 2.36. The lowest BCUT2D eigenvalue weighted by molar-refractivity contribution is 0.133. The van der Waals surface area contributed by atoms with E-state index in [4.69, 9.17) is 9.47 Å². The van der Waals surface area contributed by atoms with Crippen LogP contribution in [0, 0.1) is 12.3 Å². The molecule has 3 nitrogen and oxygen atoms in total. The lowest BCUT2D eigenvalue weighted by Crippen LogP contribution is -2.40. The minimum atomic E-state index is 0.444. The van der Waals surface area contributed by atoms with Crippen LogP contribution in [0.3, 0.4) is 0 Å². The lowest BCUT2D eigenvalue weighted by atomic mass is 9.65. The van der Waals surface area contributed by atoms with E-state index in [1.54, 1.807) is 14.2 Å². The third-order valence-electron chi connectivity index (χ3n) is 4.37. The largest absolute Gasteiger partial charge is 0.493 e. The van der Waals surface area contributed by atoms with Crippen molar-refractivity contribution in [2.45, 2.75) is 32.6 Å². The molecular weight excluding hydrogens is 238 g/mol. The summed E-state index contributed by atoms with van der Waals surface area (Å²) in [4.78, 5) is 0. The van der Waals surface area contributed by atoms with Gasteiger partial charge in [-0.05, 0) is 61.9 Å². The fourth-order valence-electron chi connectivity index (χ4n) is 3.09. The molecule has 1 aromatic rings. The van der Waals surface area contributed by atoms with Crippen molar-refractivity contribution in [3.63, 3.8) is 0 Å². The summed E-state index contributed by atoms with van der Waals surface area (Å²) in [5, 5.41) is 3.35. The maximum Gasteiger partial charge on any atom is 0.161 e. The standard InChI is InChI=1S/C16H25NO2/c1-12-8-14(18-3)15(19-4)9-13(12)10-16(11-17-2)6-5-7-16/h8-9,17H,5-7,10-11H2,1-4H3. The van der Waals surface area contributed by atoms with Crippen molar-refractivity contribution in [2.24, 2.45) is 5.41 Å². The van der Waals surface area contributed by atoms with Gasteiger partial charge in [-0.15, -0.1) is 0 Å². The van der Waals surface area contributed by atoms with Crippen LogP contribution in [0.5, 0.6) is 11.5 Å². The van der Waals surface area contributed by atoms with Gasteiger partial charge in [0, 0.05) is 6.54 Å². The number of hydrogen-bond acceptors (Lipinski definition) is 3. The molecular formula is C16H25NO2. The molecule has 1 aliphatic rings. The molecule has 0 aliphatic heterocycles. The van der Waals surface area contributed by atoms with Crippen molar-refractivity contribution in [1.29, 1.82) is 0 Å². The Morgan fingerprint density at radius 1 is 1.16 bits per heavy atom. The first-order valence-electron chi connectivity index (χ1n) is 7.00. The summed E-state index contributed by atoms with van der Waals surface area (Å²) in [6.07, 6.45) is 5.12. The smallest absolute Gasteiger partial charge is 0.161 e. The van der Waals surface area contributed by atoms with Crippen LogP contribution < -0.4 is 14.8 Å². The van der Waals surface area contributed by atoms with Crippen molar-refractivity contribution >= 4 is 0 Å². The SMILES string of the molecule is CNCC1(Cc2cc(OC)c(OC)cc2C)CCC1. The van der Waals surface area contributed by atoms with Crippen LogP contribution in [0.2, 0.25) is 0 Å². The van der Waals surface area contributed by atoms with Crippen molar-refractivity contribution in [2.75, 3.05) is 27.8 Å². The average Bonchev–Trinajstić information content (AvgIpc) is 2.37. The van der Waals surface area contributed by atoms with Crippen molar-refractivity contribution in [3.05, 3.63) is 23.3 Å². The Bertz CT molecular complexity index is 439. The van der Waals surface area contributed by atoms with E-state index < -0.39 is 0 Å². The van der Waals surface area contributed by atoms with Crippen LogP contribution in [0.15, 0.2) is 12.1 Å². The molecule has 0 aromatic heterocycles. The van der Waals surface area contributed by atoms with E-state index in [1.807, 2.05) is 7.05 Å². The Hall–Kier alpha value is -1.22. The van der Waals surface area contributed by atoms with E-state index in [0.29, 0.717) is 5.41 Å². The van der Waals surface area contributed by atoms with E-state index in [9.17, 15) is 0 Å². The molecule has 106 valence electrons. The molecule has 1 fully saturated rings. The summed E-state index contributed by atoms with van der Waals surface area (Å²) < 4.78 is 10.8. The summed E-state index contributed by atoms with van der Waals surface area (Å²) in [6, 6.07) is 4.23. The third-order valence-corrected chi connectivity index (χ3v) is 4.37. The molecule has 3 heteroatoms. The number of benzene rings is 1. The van der Waals surface area contributed by atoms with Gasteiger partial charge in [0.05, 0.1) is 14.2 Å². The topological polar surface area (TPSA) is 30.5 Å². The van der Waals surface area contributed by atoms with Crippen molar-refractivity contribution in [3.8, 4) is 11.5 Å². The zero-order valence-corrected chi connectivity index (χ0v) is 12.5. The van der Waals surface area contributed by atoms with Crippen molar-refractivity contribution in [1.82, 2.24) is 5.32 Å². The quantitative estimate of drug-likeness (QED) is 0.856. The van der Waals surface area contributed by atoms with E-state index >= 15 is 0 Å². The Morgan fingerprint density at radius 2 is 1.79 bits per heavy atom.